The fourth-order valence-corrected chi connectivity index (χ4v) is 3.41. The molecule has 0 fully saturated rings. The smallest absolute Gasteiger partial charge is 0.0934 e. The second kappa shape index (κ2) is 5.20. The summed E-state index contributed by atoms with van der Waals surface area (Å²) in [5, 5.41) is 0. The van der Waals surface area contributed by atoms with Crippen LogP contribution >= 0.6 is 34.7 Å². The van der Waals surface area contributed by atoms with Crippen molar-refractivity contribution >= 4 is 51.6 Å². The van der Waals surface area contributed by atoms with Crippen molar-refractivity contribution in [2.45, 2.75) is 0 Å². The van der Waals surface area contributed by atoms with Gasteiger partial charge in [0.15, 0.2) is 0 Å². The summed E-state index contributed by atoms with van der Waals surface area (Å²) in [6.07, 6.45) is 5.51. The van der Waals surface area contributed by atoms with Crippen LogP contribution < -0.4 is 0 Å². The number of thioether (sulfide) groups is 1. The molecule has 0 saturated heterocycles. The Morgan fingerprint density at radius 3 is 2.77 bits per heavy atom. The van der Waals surface area contributed by atoms with Crippen LogP contribution in [0.15, 0.2) is 16.4 Å². The maximum Gasteiger partial charge on any atom is 0.0934 e. The van der Waals surface area contributed by atoms with E-state index in [-0.39, 0.29) is 0 Å². The molecule has 5 heteroatoms. The molecule has 1 heterocycles. The normalized spacial score (nSPS) is 14.5. The highest BCUT2D eigenvalue weighted by molar-refractivity contribution is 8.16. The second-order valence-electron chi connectivity index (χ2n) is 2.26. The molecule has 0 aliphatic heterocycles. The van der Waals surface area contributed by atoms with Crippen LogP contribution in [0.3, 0.4) is 0 Å². The van der Waals surface area contributed by atoms with Gasteiger partial charge in [0.25, 0.3) is 0 Å². The molecule has 0 amide bonds. The lowest BCUT2D eigenvalue weighted by molar-refractivity contribution is 0.691. The standard InChI is InChI=1S/C8H9ClOS3/c1-11-8(13(2)10)5-6-3-4-7(9)12-6/h3-5H,1-2H3. The van der Waals surface area contributed by atoms with Gasteiger partial charge in [-0.05, 0) is 24.5 Å². The number of hydrogen-bond donors (Lipinski definition) is 0. The molecule has 0 radical (unpaired) electrons. The van der Waals surface area contributed by atoms with Gasteiger partial charge in [0.1, 0.15) is 0 Å². The topological polar surface area (TPSA) is 17.1 Å². The SMILES string of the molecule is CSC(=Cc1ccc(Cl)s1)S(C)=O. The molecular weight excluding hydrogens is 244 g/mol. The van der Waals surface area contributed by atoms with Crippen LogP contribution in [0.1, 0.15) is 4.88 Å². The molecule has 0 N–H and O–H groups in total. The third-order valence-corrected chi connectivity index (χ3v) is 4.93. The molecule has 1 aromatic heterocycles. The van der Waals surface area contributed by atoms with Gasteiger partial charge in [-0.3, -0.25) is 4.21 Å². The number of thiophene rings is 1. The van der Waals surface area contributed by atoms with Crippen LogP contribution in [-0.2, 0) is 10.8 Å². The van der Waals surface area contributed by atoms with Crippen molar-refractivity contribution in [1.82, 2.24) is 0 Å². The highest BCUT2D eigenvalue weighted by Crippen LogP contribution is 2.26. The van der Waals surface area contributed by atoms with Gasteiger partial charge in [-0.1, -0.05) is 11.6 Å². The van der Waals surface area contributed by atoms with Crippen molar-refractivity contribution in [3.8, 4) is 0 Å². The van der Waals surface area contributed by atoms with E-state index in [2.05, 4.69) is 0 Å². The molecule has 1 unspecified atom stereocenters. The molecule has 1 aromatic rings. The van der Waals surface area contributed by atoms with E-state index in [0.29, 0.717) is 0 Å². The molecule has 0 saturated carbocycles. The van der Waals surface area contributed by atoms with Crippen molar-refractivity contribution in [3.05, 3.63) is 25.6 Å². The minimum Gasteiger partial charge on any atom is -0.254 e. The lowest BCUT2D eigenvalue weighted by Crippen LogP contribution is -1.85. The quantitative estimate of drug-likeness (QED) is 0.820. The monoisotopic (exact) mass is 252 g/mol. The van der Waals surface area contributed by atoms with Gasteiger partial charge < -0.3 is 0 Å². The predicted molar refractivity (Wildman–Crippen MR) is 64.9 cm³/mol. The van der Waals surface area contributed by atoms with E-state index in [0.717, 1.165) is 13.5 Å². The van der Waals surface area contributed by atoms with Crippen LogP contribution in [0.2, 0.25) is 4.34 Å². The van der Waals surface area contributed by atoms with E-state index in [1.54, 1.807) is 6.26 Å². The molecule has 13 heavy (non-hydrogen) atoms. The van der Waals surface area contributed by atoms with Gasteiger partial charge in [-0.15, -0.1) is 23.1 Å². The maximum absolute atomic E-state index is 11.2. The summed E-state index contributed by atoms with van der Waals surface area (Å²) >= 11 is 8.77. The zero-order valence-electron chi connectivity index (χ0n) is 7.24. The summed E-state index contributed by atoms with van der Waals surface area (Å²) in [6, 6.07) is 3.77. The molecule has 1 atom stereocenters. The maximum atomic E-state index is 11.2. The van der Waals surface area contributed by atoms with Crippen molar-refractivity contribution in [1.29, 1.82) is 0 Å². The molecular formula is C8H9ClOS3. The first-order chi connectivity index (χ1) is 6.13. The van der Waals surface area contributed by atoms with Crippen molar-refractivity contribution in [2.75, 3.05) is 12.5 Å². The summed E-state index contributed by atoms with van der Waals surface area (Å²) in [7, 11) is -0.907. The number of rotatable bonds is 3. The first-order valence-electron chi connectivity index (χ1n) is 3.48. The lowest BCUT2D eigenvalue weighted by atomic mass is 10.5. The predicted octanol–water partition coefficient (Wildman–Crippen LogP) is 3.44. The first kappa shape index (κ1) is 11.3. The Morgan fingerprint density at radius 2 is 2.38 bits per heavy atom. The average Bonchev–Trinajstić information content (AvgIpc) is 2.46. The lowest BCUT2D eigenvalue weighted by Gasteiger charge is -1.96. The van der Waals surface area contributed by atoms with E-state index in [1.165, 1.54) is 23.1 Å². The van der Waals surface area contributed by atoms with Crippen LogP contribution in [-0.4, -0.2) is 16.7 Å². The van der Waals surface area contributed by atoms with E-state index in [9.17, 15) is 4.21 Å². The summed E-state index contributed by atoms with van der Waals surface area (Å²) in [5.41, 5.74) is 0. The minimum absolute atomic E-state index is 0.758. The minimum atomic E-state index is -0.907. The van der Waals surface area contributed by atoms with Gasteiger partial charge in [-0.25, -0.2) is 0 Å². The number of halogens is 1. The Balaban J connectivity index is 2.91. The number of hydrogen-bond acceptors (Lipinski definition) is 3. The van der Waals surface area contributed by atoms with E-state index in [4.69, 9.17) is 11.6 Å². The van der Waals surface area contributed by atoms with Crippen molar-refractivity contribution < 1.29 is 4.21 Å². The fourth-order valence-electron chi connectivity index (χ4n) is 0.781. The highest BCUT2D eigenvalue weighted by Gasteiger charge is 2.01. The average molecular weight is 253 g/mol. The highest BCUT2D eigenvalue weighted by atomic mass is 35.5. The third kappa shape index (κ3) is 3.46. The zero-order valence-corrected chi connectivity index (χ0v) is 10.4. The Kier molecular flexibility index (Phi) is 4.52. The van der Waals surface area contributed by atoms with E-state index >= 15 is 0 Å². The Morgan fingerprint density at radius 1 is 1.69 bits per heavy atom. The summed E-state index contributed by atoms with van der Waals surface area (Å²) in [5.74, 6) is 0. The molecule has 72 valence electrons. The zero-order chi connectivity index (χ0) is 9.84. The van der Waals surface area contributed by atoms with Crippen LogP contribution in [0.4, 0.5) is 0 Å². The summed E-state index contributed by atoms with van der Waals surface area (Å²) in [4.78, 5) is 1.05. The summed E-state index contributed by atoms with van der Waals surface area (Å²) in [6.45, 7) is 0. The van der Waals surface area contributed by atoms with E-state index in [1.807, 2.05) is 24.5 Å². The van der Waals surface area contributed by atoms with Crippen LogP contribution in [0.25, 0.3) is 6.08 Å². The molecule has 0 aromatic carbocycles. The fraction of sp³-hybridized carbons (Fsp3) is 0.250. The molecule has 1 nitrogen and oxygen atoms in total. The van der Waals surface area contributed by atoms with Crippen molar-refractivity contribution in [3.63, 3.8) is 0 Å². The Labute approximate surface area is 93.6 Å². The van der Waals surface area contributed by atoms with Crippen LogP contribution in [0.5, 0.6) is 0 Å². The molecule has 0 spiro atoms. The first-order valence-corrected chi connectivity index (χ1v) is 7.45. The Hall–Kier alpha value is 0.230. The van der Waals surface area contributed by atoms with E-state index < -0.39 is 10.8 Å². The third-order valence-electron chi connectivity index (χ3n) is 1.34. The van der Waals surface area contributed by atoms with Gasteiger partial charge >= 0.3 is 0 Å². The molecule has 0 aliphatic rings. The Bertz CT molecular complexity index is 343. The second-order valence-corrected chi connectivity index (χ2v) is 6.46. The van der Waals surface area contributed by atoms with Gasteiger partial charge in [0.2, 0.25) is 0 Å². The van der Waals surface area contributed by atoms with Crippen molar-refractivity contribution in [2.24, 2.45) is 0 Å². The molecule has 1 rings (SSSR count). The van der Waals surface area contributed by atoms with Crippen LogP contribution in [0, 0.1) is 0 Å². The molecule has 0 aliphatic carbocycles. The molecule has 0 bridgehead atoms. The van der Waals surface area contributed by atoms with Gasteiger partial charge in [0.05, 0.1) is 19.4 Å². The largest absolute Gasteiger partial charge is 0.254 e. The van der Waals surface area contributed by atoms with Gasteiger partial charge in [-0.2, -0.15) is 0 Å². The summed E-state index contributed by atoms with van der Waals surface area (Å²) < 4.78 is 12.8. The van der Waals surface area contributed by atoms with Gasteiger partial charge in [0, 0.05) is 11.1 Å².